The van der Waals surface area contributed by atoms with Crippen LogP contribution in [0.5, 0.6) is 0 Å². The third-order valence-electron chi connectivity index (χ3n) is 2.38. The van der Waals surface area contributed by atoms with Crippen LogP contribution >= 0.6 is 0 Å². The average molecular weight is 229 g/mol. The Morgan fingerprint density at radius 1 is 1.27 bits per heavy atom. The second-order valence-electron chi connectivity index (χ2n) is 3.57. The first-order valence-corrected chi connectivity index (χ1v) is 4.27. The molecule has 0 spiro atoms. The van der Waals surface area contributed by atoms with E-state index in [9.17, 15) is 0 Å². The van der Waals surface area contributed by atoms with E-state index < -0.39 is 0 Å². The van der Waals surface area contributed by atoms with Crippen LogP contribution in [0.2, 0.25) is 0 Å². The maximum atomic E-state index is 4.06. The van der Waals surface area contributed by atoms with Crippen molar-refractivity contribution in [1.82, 2.24) is 4.90 Å². The number of hydrogen-bond acceptors (Lipinski definition) is 1. The van der Waals surface area contributed by atoms with Crippen LogP contribution in [0.15, 0.2) is 0 Å². The number of hydrogen-bond donors (Lipinski definition) is 0. The van der Waals surface area contributed by atoms with Gasteiger partial charge in [0.15, 0.2) is 0 Å². The fourth-order valence-corrected chi connectivity index (χ4v) is 1.47. The van der Waals surface area contributed by atoms with Gasteiger partial charge in [0.25, 0.3) is 0 Å². The van der Waals surface area contributed by atoms with E-state index >= 15 is 0 Å². The molecule has 0 aliphatic carbocycles. The summed E-state index contributed by atoms with van der Waals surface area (Å²) in [7, 11) is 0. The number of piperidine rings is 1. The Hall–Kier alpha value is 1.06. The molecule has 1 saturated heterocycles. The molecule has 63 valence electrons. The van der Waals surface area contributed by atoms with Gasteiger partial charge in [-0.15, -0.1) is 0 Å². The quantitative estimate of drug-likeness (QED) is 0.621. The van der Waals surface area contributed by atoms with Gasteiger partial charge in [0.05, 0.1) is 0 Å². The number of rotatable bonds is 1. The normalized spacial score (nSPS) is 21.8. The maximum Gasteiger partial charge on any atom is 0.00385 e. The molecule has 0 aromatic rings. The molecule has 1 heterocycles. The Kier molecular flexibility index (Phi) is 6.21. The number of nitrogens with zero attached hydrogens (tertiary/aromatic N) is 1. The van der Waals surface area contributed by atoms with Crippen LogP contribution in [0, 0.1) is 12.8 Å². The topological polar surface area (TPSA) is 3.24 Å². The molecule has 11 heavy (non-hydrogen) atoms. The molecule has 1 aliphatic rings. The Morgan fingerprint density at radius 2 is 1.73 bits per heavy atom. The molecule has 1 aliphatic heterocycles. The van der Waals surface area contributed by atoms with Gasteiger partial charge in [0.2, 0.25) is 0 Å². The molecule has 0 atom stereocenters. The van der Waals surface area contributed by atoms with E-state index in [0.29, 0.717) is 0 Å². The van der Waals surface area contributed by atoms with E-state index in [1.54, 1.807) is 0 Å². The molecule has 0 aromatic carbocycles. The molecular weight excluding hydrogens is 211 g/mol. The van der Waals surface area contributed by atoms with Crippen molar-refractivity contribution in [3.63, 3.8) is 0 Å². The van der Waals surface area contributed by atoms with Crippen LogP contribution in [0.25, 0.3) is 0 Å². The van der Waals surface area contributed by atoms with Crippen LogP contribution in [0.3, 0.4) is 0 Å². The zero-order chi connectivity index (χ0) is 7.56. The van der Waals surface area contributed by atoms with Gasteiger partial charge in [-0.25, -0.2) is 0 Å². The summed E-state index contributed by atoms with van der Waals surface area (Å²) in [5, 5.41) is 0. The van der Waals surface area contributed by atoms with E-state index in [1.807, 2.05) is 0 Å². The molecule has 2 heteroatoms. The Morgan fingerprint density at radius 3 is 2.09 bits per heavy atom. The second kappa shape index (κ2) is 5.67. The standard InChI is InChI=1S/C9H18N.Y/c1-8(2)10-6-4-9(3)5-7-10;/h8-9H,3-7H2,1-2H3;/q-1;. The summed E-state index contributed by atoms with van der Waals surface area (Å²) in [6.45, 7) is 11.1. The van der Waals surface area contributed by atoms with Crippen molar-refractivity contribution in [2.24, 2.45) is 5.92 Å². The van der Waals surface area contributed by atoms with Crippen molar-refractivity contribution in [3.05, 3.63) is 6.92 Å². The summed E-state index contributed by atoms with van der Waals surface area (Å²) < 4.78 is 0. The minimum Gasteiger partial charge on any atom is -0.340 e. The van der Waals surface area contributed by atoms with Gasteiger partial charge < -0.3 is 11.8 Å². The Balaban J connectivity index is 0.000001000. The van der Waals surface area contributed by atoms with Gasteiger partial charge in [-0.2, -0.15) is 5.92 Å². The fraction of sp³-hybridized carbons (Fsp3) is 0.889. The molecule has 1 radical (unpaired) electrons. The van der Waals surface area contributed by atoms with Crippen LogP contribution < -0.4 is 0 Å². The molecule has 0 N–H and O–H groups in total. The summed E-state index contributed by atoms with van der Waals surface area (Å²) in [5.41, 5.74) is 0. The summed E-state index contributed by atoms with van der Waals surface area (Å²) in [4.78, 5) is 2.53. The van der Waals surface area contributed by atoms with Crippen molar-refractivity contribution in [3.8, 4) is 0 Å². The smallest absolute Gasteiger partial charge is 0.00385 e. The molecule has 1 rings (SSSR count). The van der Waals surface area contributed by atoms with Gasteiger partial charge in [0, 0.05) is 38.8 Å². The van der Waals surface area contributed by atoms with Crippen molar-refractivity contribution in [2.75, 3.05) is 13.1 Å². The zero-order valence-corrected chi connectivity index (χ0v) is 10.6. The monoisotopic (exact) mass is 229 g/mol. The third kappa shape index (κ3) is 4.01. The average Bonchev–Trinajstić information content (AvgIpc) is 1.88. The van der Waals surface area contributed by atoms with E-state index in [2.05, 4.69) is 25.7 Å². The summed E-state index contributed by atoms with van der Waals surface area (Å²) in [6, 6.07) is 0.729. The predicted octanol–water partition coefficient (Wildman–Crippen LogP) is 1.94. The SMILES string of the molecule is [CH2-]C1CCN(C(C)C)CC1.[Y]. The first-order chi connectivity index (χ1) is 4.70. The van der Waals surface area contributed by atoms with Crippen LogP contribution in [-0.2, 0) is 32.7 Å². The van der Waals surface area contributed by atoms with Gasteiger partial charge in [0.1, 0.15) is 0 Å². The van der Waals surface area contributed by atoms with Gasteiger partial charge in [-0.3, -0.25) is 0 Å². The summed E-state index contributed by atoms with van der Waals surface area (Å²) in [6.07, 6.45) is 2.58. The molecular formula is C9H18NY-. The fourth-order valence-electron chi connectivity index (χ4n) is 1.47. The predicted molar refractivity (Wildman–Crippen MR) is 44.8 cm³/mol. The van der Waals surface area contributed by atoms with Crippen molar-refractivity contribution in [1.29, 1.82) is 0 Å². The van der Waals surface area contributed by atoms with E-state index in [4.69, 9.17) is 0 Å². The first kappa shape index (κ1) is 12.1. The molecule has 0 amide bonds. The Bertz CT molecular complexity index is 95.7. The van der Waals surface area contributed by atoms with E-state index in [0.717, 1.165) is 12.0 Å². The van der Waals surface area contributed by atoms with Crippen molar-refractivity contribution < 1.29 is 32.7 Å². The maximum absolute atomic E-state index is 4.06. The van der Waals surface area contributed by atoms with Gasteiger partial charge in [-0.05, 0) is 26.9 Å². The zero-order valence-electron chi connectivity index (χ0n) is 7.71. The van der Waals surface area contributed by atoms with Gasteiger partial charge >= 0.3 is 0 Å². The molecule has 1 fully saturated rings. The van der Waals surface area contributed by atoms with Gasteiger partial charge in [-0.1, -0.05) is 12.8 Å². The third-order valence-corrected chi connectivity index (χ3v) is 2.38. The Labute approximate surface area is 95.8 Å². The molecule has 0 saturated carbocycles. The molecule has 0 unspecified atom stereocenters. The first-order valence-electron chi connectivity index (χ1n) is 4.27. The van der Waals surface area contributed by atoms with Crippen molar-refractivity contribution >= 4 is 0 Å². The summed E-state index contributed by atoms with van der Waals surface area (Å²) >= 11 is 0. The molecule has 0 bridgehead atoms. The minimum atomic E-state index is 0. The van der Waals surface area contributed by atoms with Crippen LogP contribution in [0.4, 0.5) is 0 Å². The second-order valence-corrected chi connectivity index (χ2v) is 3.57. The van der Waals surface area contributed by atoms with Crippen LogP contribution in [0.1, 0.15) is 26.7 Å². The van der Waals surface area contributed by atoms with Crippen LogP contribution in [-0.4, -0.2) is 24.0 Å². The number of likely N-dealkylation sites (tertiary alicyclic amines) is 1. The van der Waals surface area contributed by atoms with Crippen molar-refractivity contribution in [2.45, 2.75) is 32.7 Å². The van der Waals surface area contributed by atoms with E-state index in [-0.39, 0.29) is 32.7 Å². The van der Waals surface area contributed by atoms with E-state index in [1.165, 1.54) is 25.9 Å². The molecule has 1 nitrogen and oxygen atoms in total. The summed E-state index contributed by atoms with van der Waals surface area (Å²) in [5.74, 6) is 0.718. The largest absolute Gasteiger partial charge is 0.340 e. The molecule has 0 aromatic heterocycles. The minimum absolute atomic E-state index is 0.